The van der Waals surface area contributed by atoms with Crippen LogP contribution in [-0.4, -0.2) is 29.9 Å². The lowest BCUT2D eigenvalue weighted by Gasteiger charge is -2.25. The molecule has 0 aliphatic heterocycles. The zero-order valence-electron chi connectivity index (χ0n) is 52.0. The van der Waals surface area contributed by atoms with E-state index in [4.69, 9.17) is 29.9 Å². The molecule has 0 bridgehead atoms. The molecular weight excluding hydrogens is 913 g/mol. The van der Waals surface area contributed by atoms with E-state index in [1.807, 2.05) is 0 Å². The van der Waals surface area contributed by atoms with Crippen LogP contribution in [0.3, 0.4) is 0 Å². The van der Waals surface area contributed by atoms with Crippen LogP contribution in [0.1, 0.15) is 293 Å². The first-order valence-corrected chi connectivity index (χ1v) is 31.0. The second kappa shape index (κ2) is 37.5. The molecule has 0 atom stereocenters. The van der Waals surface area contributed by atoms with Gasteiger partial charge in [-0.15, -0.1) is 0 Å². The molecule has 1 aromatic carbocycles. The van der Waals surface area contributed by atoms with Crippen LogP contribution in [0.2, 0.25) is 0 Å². The summed E-state index contributed by atoms with van der Waals surface area (Å²) < 4.78 is 0. The lowest BCUT2D eigenvalue weighted by atomic mass is 9.82. The molecule has 418 valence electrons. The average molecular weight is 1030 g/mol. The standard InChI is InChI=1S/C20H27N.C17H30N2.C17H29N.C15H26N2/c1-4-10-17-15-18(11-5-2)21-19(12-6-3)20(17)16-13-8-7-9-14-16;1-7-10-13-16(17(4,5)6)14(11-8-2)19-15(18-13)12-9-3;1-6-9-14-12-15(10-7-2)18-16(11-8-3)17(14)13(4)5;1-5-9-13-12(8-4)14(10-6-2)17-15(16-13)11-7-3/h7-9,13-15H,4-6,10-12H2,1-3H3;7-12H2,1-6H3;12-13H,6-11H2,1-5H3;5-11H2,1-4H3. The maximum absolute atomic E-state index is 4.97. The average Bonchev–Trinajstić information content (AvgIpc) is 3.36. The maximum atomic E-state index is 4.97. The minimum absolute atomic E-state index is 0.139. The summed E-state index contributed by atoms with van der Waals surface area (Å²) in [5, 5.41) is 0. The number of hydrogen-bond donors (Lipinski definition) is 0. The molecule has 0 aliphatic rings. The van der Waals surface area contributed by atoms with Crippen LogP contribution in [0.25, 0.3) is 11.1 Å². The van der Waals surface area contributed by atoms with Crippen molar-refractivity contribution in [3.63, 3.8) is 0 Å². The molecule has 6 heteroatoms. The van der Waals surface area contributed by atoms with Crippen molar-refractivity contribution in [3.8, 4) is 11.1 Å². The number of nitrogens with zero attached hydrogens (tertiary/aromatic N) is 6. The fraction of sp³-hybridized carbons (Fsp3) is 0.652. The number of hydrogen-bond acceptors (Lipinski definition) is 6. The zero-order chi connectivity index (χ0) is 55.8. The Morgan fingerprint density at radius 1 is 0.373 bits per heavy atom. The molecule has 5 aromatic rings. The van der Waals surface area contributed by atoms with Crippen LogP contribution in [0.15, 0.2) is 42.5 Å². The molecule has 5 rings (SSSR count). The van der Waals surface area contributed by atoms with Gasteiger partial charge in [-0.1, -0.05) is 219 Å². The largest absolute Gasteiger partial charge is 0.258 e. The summed E-state index contributed by atoms with van der Waals surface area (Å²) in [6.07, 6.45) is 28.1. The predicted molar refractivity (Wildman–Crippen MR) is 328 cm³/mol. The van der Waals surface area contributed by atoms with E-state index >= 15 is 0 Å². The van der Waals surface area contributed by atoms with Crippen LogP contribution in [0.4, 0.5) is 0 Å². The molecule has 0 saturated heterocycles. The van der Waals surface area contributed by atoms with Crippen molar-refractivity contribution in [2.45, 2.75) is 296 Å². The number of rotatable bonds is 27. The van der Waals surface area contributed by atoms with Gasteiger partial charge in [0.05, 0.1) is 0 Å². The van der Waals surface area contributed by atoms with E-state index in [9.17, 15) is 0 Å². The quantitative estimate of drug-likeness (QED) is 0.0522. The lowest BCUT2D eigenvalue weighted by Crippen LogP contribution is -2.21. The summed E-state index contributed by atoms with van der Waals surface area (Å²) in [6, 6.07) is 15.5. The van der Waals surface area contributed by atoms with Crippen molar-refractivity contribution < 1.29 is 0 Å². The van der Waals surface area contributed by atoms with E-state index in [2.05, 4.69) is 167 Å². The molecule has 6 nitrogen and oxygen atoms in total. The van der Waals surface area contributed by atoms with Gasteiger partial charge in [0.15, 0.2) is 0 Å². The van der Waals surface area contributed by atoms with Gasteiger partial charge in [0.1, 0.15) is 11.6 Å². The van der Waals surface area contributed by atoms with Gasteiger partial charge in [-0.05, 0) is 135 Å². The van der Waals surface area contributed by atoms with Gasteiger partial charge in [0, 0.05) is 69.5 Å². The topological polar surface area (TPSA) is 77.3 Å². The summed E-state index contributed by atoms with van der Waals surface area (Å²) in [5.74, 6) is 2.69. The fourth-order valence-corrected chi connectivity index (χ4v) is 10.6. The first-order chi connectivity index (χ1) is 36.1. The number of aromatic nitrogens is 6. The Morgan fingerprint density at radius 2 is 0.733 bits per heavy atom. The van der Waals surface area contributed by atoms with Gasteiger partial charge in [0.25, 0.3) is 0 Å². The van der Waals surface area contributed by atoms with Crippen molar-refractivity contribution in [1.82, 2.24) is 29.9 Å². The van der Waals surface area contributed by atoms with Crippen molar-refractivity contribution in [2.24, 2.45) is 0 Å². The van der Waals surface area contributed by atoms with Crippen molar-refractivity contribution in [3.05, 3.63) is 127 Å². The molecule has 0 unspecified atom stereocenters. The van der Waals surface area contributed by atoms with Crippen molar-refractivity contribution in [2.75, 3.05) is 0 Å². The van der Waals surface area contributed by atoms with E-state index in [1.165, 1.54) is 124 Å². The lowest BCUT2D eigenvalue weighted by molar-refractivity contribution is 0.555. The summed E-state index contributed by atoms with van der Waals surface area (Å²) in [6.45, 7) is 40.4. The second-order valence-corrected chi connectivity index (χ2v) is 22.3. The number of pyridine rings is 2. The minimum Gasteiger partial charge on any atom is -0.258 e. The van der Waals surface area contributed by atoms with E-state index < -0.39 is 0 Å². The molecule has 0 radical (unpaired) electrons. The van der Waals surface area contributed by atoms with E-state index in [0.717, 1.165) is 127 Å². The number of aryl methyl sites for hydroxylation is 12. The maximum Gasteiger partial charge on any atom is 0.128 e. The van der Waals surface area contributed by atoms with Gasteiger partial charge in [-0.3, -0.25) is 9.97 Å². The Hall–Kier alpha value is -4.32. The highest BCUT2D eigenvalue weighted by atomic mass is 14.9. The summed E-state index contributed by atoms with van der Waals surface area (Å²) >= 11 is 0. The minimum atomic E-state index is 0.139. The van der Waals surface area contributed by atoms with E-state index in [1.54, 1.807) is 5.56 Å². The molecular formula is C69H112N6. The highest BCUT2D eigenvalue weighted by Crippen LogP contribution is 2.32. The molecule has 0 N–H and O–H groups in total. The number of benzene rings is 1. The third-order valence-corrected chi connectivity index (χ3v) is 13.5. The normalized spacial score (nSPS) is 11.2. The molecule has 75 heavy (non-hydrogen) atoms. The summed E-state index contributed by atoms with van der Waals surface area (Å²) in [7, 11) is 0. The molecule has 0 aliphatic carbocycles. The first-order valence-electron chi connectivity index (χ1n) is 31.0. The van der Waals surface area contributed by atoms with E-state index in [0.29, 0.717) is 5.92 Å². The monoisotopic (exact) mass is 1020 g/mol. The van der Waals surface area contributed by atoms with Crippen LogP contribution in [0, 0.1) is 0 Å². The van der Waals surface area contributed by atoms with Gasteiger partial charge in [0.2, 0.25) is 0 Å². The summed E-state index contributed by atoms with van der Waals surface area (Å²) in [5.41, 5.74) is 20.6. The first kappa shape index (κ1) is 66.8. The van der Waals surface area contributed by atoms with Crippen molar-refractivity contribution in [1.29, 1.82) is 0 Å². The zero-order valence-corrected chi connectivity index (χ0v) is 52.0. The van der Waals surface area contributed by atoms with Gasteiger partial charge >= 0.3 is 0 Å². The van der Waals surface area contributed by atoms with E-state index in [-0.39, 0.29) is 5.41 Å². The molecule has 0 amide bonds. The van der Waals surface area contributed by atoms with Crippen LogP contribution in [0.5, 0.6) is 0 Å². The Morgan fingerprint density at radius 3 is 1.13 bits per heavy atom. The molecule has 0 fully saturated rings. The van der Waals surface area contributed by atoms with Crippen LogP contribution in [-0.2, 0) is 88.9 Å². The molecule has 4 heterocycles. The van der Waals surface area contributed by atoms with Gasteiger partial charge in [-0.2, -0.15) is 0 Å². The second-order valence-electron chi connectivity index (χ2n) is 22.3. The Labute approximate surface area is 462 Å². The highest BCUT2D eigenvalue weighted by Gasteiger charge is 2.24. The third kappa shape index (κ3) is 22.3. The third-order valence-electron chi connectivity index (χ3n) is 13.5. The SMILES string of the molecule is CCCc1cc(CCC)c(-c2ccccc2)c(CCC)n1.CCCc1cc(CCC)c(C(C)C)c(CCC)n1.CCCc1nc(CCC)c(C(C)(C)C)c(CCC)n1.CCCc1nc(CCC)c(CC)c(CCC)n1. The van der Waals surface area contributed by atoms with Crippen LogP contribution >= 0.6 is 0 Å². The smallest absolute Gasteiger partial charge is 0.128 e. The van der Waals surface area contributed by atoms with Gasteiger partial charge < -0.3 is 0 Å². The van der Waals surface area contributed by atoms with Crippen LogP contribution < -0.4 is 0 Å². The van der Waals surface area contributed by atoms with Gasteiger partial charge in [-0.25, -0.2) is 19.9 Å². The van der Waals surface area contributed by atoms with Crippen molar-refractivity contribution >= 4 is 0 Å². The molecule has 4 aromatic heterocycles. The molecule has 0 spiro atoms. The highest BCUT2D eigenvalue weighted by molar-refractivity contribution is 5.70. The Kier molecular flexibility index (Phi) is 33.4. The summed E-state index contributed by atoms with van der Waals surface area (Å²) in [4.78, 5) is 29.1. The predicted octanol–water partition coefficient (Wildman–Crippen LogP) is 19.2. The fourth-order valence-electron chi connectivity index (χ4n) is 10.6. The Bertz CT molecular complexity index is 2210. The Balaban J connectivity index is 0.000000343. The molecule has 0 saturated carbocycles.